The van der Waals surface area contributed by atoms with Crippen molar-refractivity contribution in [1.29, 1.82) is 0 Å². The predicted molar refractivity (Wildman–Crippen MR) is 8.54 cm³/mol. The van der Waals surface area contributed by atoms with Gasteiger partial charge < -0.3 is 0 Å². The fourth-order valence-electron chi connectivity index (χ4n) is 0. The Kier molecular flexibility index (Phi) is 145. The van der Waals surface area contributed by atoms with Crippen LogP contribution in [0.4, 0.5) is 0 Å². The van der Waals surface area contributed by atoms with Gasteiger partial charge in [-0.15, -0.1) is 0 Å². The van der Waals surface area contributed by atoms with Crippen LogP contribution in [0.1, 0.15) is 0 Å². The van der Waals surface area contributed by atoms with Gasteiger partial charge in [-0.05, 0) is 0 Å². The van der Waals surface area contributed by atoms with Crippen molar-refractivity contribution in [3.05, 3.63) is 0 Å². The Labute approximate surface area is 75.7 Å². The van der Waals surface area contributed by atoms with Crippen molar-refractivity contribution >= 4 is 23.1 Å². The first-order valence-electron chi connectivity index (χ1n) is 0. The third kappa shape index (κ3) is 8.83. The summed E-state index contributed by atoms with van der Waals surface area (Å²) < 4.78 is 0. The van der Waals surface area contributed by atoms with Crippen molar-refractivity contribution < 1.29 is 53.6 Å². The van der Waals surface area contributed by atoms with E-state index < -0.39 is 0 Å². The minimum absolute atomic E-state index is 0. The molecule has 0 saturated carbocycles. The van der Waals surface area contributed by atoms with E-state index >= 15 is 0 Å². The molecule has 0 aliphatic heterocycles. The molecule has 0 rings (SSSR count). The second-order valence-electron chi connectivity index (χ2n) is 0. The van der Waals surface area contributed by atoms with Crippen molar-refractivity contribution in [2.75, 3.05) is 0 Å². The van der Waals surface area contributed by atoms with Gasteiger partial charge >= 0.3 is 23.1 Å². The molecular weight excluding hydrogens is 201 g/mol. The van der Waals surface area contributed by atoms with Crippen LogP contribution in [0, 0.1) is 0 Å². The molecule has 0 N–H and O–H groups in total. The smallest absolute Gasteiger partial charge is 0 e. The summed E-state index contributed by atoms with van der Waals surface area (Å²) in [7, 11) is 0. The average Bonchev–Trinajstić information content (AvgIpc) is 0. The quantitative estimate of drug-likeness (QED) is 0.446. The van der Waals surface area contributed by atoms with E-state index in [-0.39, 0.29) is 76.7 Å². The summed E-state index contributed by atoms with van der Waals surface area (Å²) in [5, 5.41) is 0. The molecule has 0 aromatic heterocycles. The molecule has 0 aromatic carbocycles. The molecule has 0 nitrogen and oxygen atoms in total. The fourth-order valence-corrected chi connectivity index (χ4v) is 0. The maximum absolute atomic E-state index is 0. The summed E-state index contributed by atoms with van der Waals surface area (Å²) >= 11 is 0. The van der Waals surface area contributed by atoms with Gasteiger partial charge in [0, 0.05) is 53.6 Å². The molecule has 0 aromatic rings. The van der Waals surface area contributed by atoms with Gasteiger partial charge in [-0.25, -0.2) is 0 Å². The van der Waals surface area contributed by atoms with E-state index in [4.69, 9.17) is 0 Å². The van der Waals surface area contributed by atoms with Crippen molar-refractivity contribution in [2.45, 2.75) is 0 Å². The first-order chi connectivity index (χ1) is 0. The van der Waals surface area contributed by atoms with Gasteiger partial charge in [0.15, 0.2) is 0 Å². The molecule has 0 unspecified atom stereocenters. The third-order valence-electron chi connectivity index (χ3n) is 0. The first kappa shape index (κ1) is 32.1. The summed E-state index contributed by atoms with van der Waals surface area (Å²) in [6.45, 7) is 0. The van der Waals surface area contributed by atoms with Gasteiger partial charge in [0.2, 0.25) is 0 Å². The zero-order chi connectivity index (χ0) is 0. The molecule has 0 saturated heterocycles. The summed E-state index contributed by atoms with van der Waals surface area (Å²) in [5.41, 5.74) is 0. The minimum Gasteiger partial charge on any atom is 0 e. The second kappa shape index (κ2) is 18.1. The monoisotopic (exact) mass is 201 g/mol. The molecule has 0 spiro atoms. The molecule has 4 heavy (non-hydrogen) atoms. The standard InChI is InChI=1S/Co.Cr.Mg.Zn.2H. The van der Waals surface area contributed by atoms with Gasteiger partial charge in [-0.2, -0.15) is 0 Å². The molecule has 0 atom stereocenters. The Balaban J connectivity index is 0. The Morgan fingerprint density at radius 1 is 1.00 bits per heavy atom. The summed E-state index contributed by atoms with van der Waals surface area (Å²) in [6, 6.07) is 0. The van der Waals surface area contributed by atoms with Crippen LogP contribution in [-0.2, 0) is 53.6 Å². The van der Waals surface area contributed by atoms with Crippen molar-refractivity contribution in [2.24, 2.45) is 0 Å². The van der Waals surface area contributed by atoms with E-state index in [1.54, 1.807) is 0 Å². The van der Waals surface area contributed by atoms with Gasteiger partial charge in [0.05, 0.1) is 0 Å². The first-order valence-corrected chi connectivity index (χ1v) is 0. The number of hydrogen-bond donors (Lipinski definition) is 0. The van der Waals surface area contributed by atoms with E-state index in [0.717, 1.165) is 0 Å². The molecule has 0 bridgehead atoms. The fraction of sp³-hybridized carbons (Fsp3) is 0. The minimum atomic E-state index is 0. The molecular formula is H2CoCrMgZn. The molecule has 4 heteroatoms. The Bertz CT molecular complexity index is 8.00. The molecule has 0 fully saturated rings. The van der Waals surface area contributed by atoms with E-state index in [9.17, 15) is 0 Å². The van der Waals surface area contributed by atoms with Crippen molar-refractivity contribution in [3.63, 3.8) is 0 Å². The average molecular weight is 203 g/mol. The summed E-state index contributed by atoms with van der Waals surface area (Å²) in [5.74, 6) is 0. The van der Waals surface area contributed by atoms with E-state index in [1.165, 1.54) is 0 Å². The molecule has 0 amide bonds. The molecule has 21 valence electrons. The third-order valence-corrected chi connectivity index (χ3v) is 0. The SMILES string of the molecule is [Co].[Cr].[MgH2].[Zn]. The van der Waals surface area contributed by atoms with Crippen LogP contribution in [0.2, 0.25) is 0 Å². The van der Waals surface area contributed by atoms with Crippen molar-refractivity contribution in [1.82, 2.24) is 0 Å². The Morgan fingerprint density at radius 3 is 1.00 bits per heavy atom. The zero-order valence-electron chi connectivity index (χ0n) is 1.45. The molecule has 0 aliphatic carbocycles. The maximum Gasteiger partial charge on any atom is 0.316 e. The molecule has 0 aliphatic rings. The number of hydrogen-bond acceptors (Lipinski definition) is 0. The largest absolute Gasteiger partial charge is 0.316 e. The van der Waals surface area contributed by atoms with E-state index in [1.807, 2.05) is 0 Å². The van der Waals surface area contributed by atoms with Crippen LogP contribution in [0.3, 0.4) is 0 Å². The van der Waals surface area contributed by atoms with Gasteiger partial charge in [0.25, 0.3) is 0 Å². The van der Waals surface area contributed by atoms with Crippen LogP contribution in [0.25, 0.3) is 0 Å². The predicted octanol–water partition coefficient (Wildman–Crippen LogP) is -0.924. The maximum atomic E-state index is 0. The normalized spacial score (nSPS) is 0. The Morgan fingerprint density at radius 2 is 1.00 bits per heavy atom. The van der Waals surface area contributed by atoms with Crippen LogP contribution in [0.15, 0.2) is 0 Å². The van der Waals surface area contributed by atoms with E-state index in [2.05, 4.69) is 0 Å². The van der Waals surface area contributed by atoms with Crippen LogP contribution < -0.4 is 0 Å². The zero-order valence-corrected chi connectivity index (χ0v) is 6.73. The molecule has 1 radical (unpaired) electrons. The van der Waals surface area contributed by atoms with Gasteiger partial charge in [-0.1, -0.05) is 0 Å². The van der Waals surface area contributed by atoms with Gasteiger partial charge in [0.1, 0.15) is 0 Å². The summed E-state index contributed by atoms with van der Waals surface area (Å²) in [4.78, 5) is 0. The Hall–Kier alpha value is 2.43. The molecule has 0 heterocycles. The van der Waals surface area contributed by atoms with E-state index in [0.29, 0.717) is 0 Å². The van der Waals surface area contributed by atoms with Crippen molar-refractivity contribution in [3.8, 4) is 0 Å². The van der Waals surface area contributed by atoms with Crippen LogP contribution in [0.5, 0.6) is 0 Å². The van der Waals surface area contributed by atoms with Crippen LogP contribution in [-0.4, -0.2) is 23.1 Å². The topological polar surface area (TPSA) is 0 Å². The number of rotatable bonds is 0. The van der Waals surface area contributed by atoms with Gasteiger partial charge in [-0.3, -0.25) is 0 Å². The summed E-state index contributed by atoms with van der Waals surface area (Å²) in [6.07, 6.45) is 0. The second-order valence-corrected chi connectivity index (χ2v) is 0. The van der Waals surface area contributed by atoms with Crippen LogP contribution >= 0.6 is 0 Å².